The molecule has 5 nitrogen and oxygen atoms in total. The molecule has 34 heavy (non-hydrogen) atoms. The van der Waals surface area contributed by atoms with E-state index < -0.39 is 17.1 Å². The number of nitrogens with one attached hydrogen (secondary N) is 1. The van der Waals surface area contributed by atoms with Gasteiger partial charge in [0.05, 0.1) is 5.60 Å². The van der Waals surface area contributed by atoms with Gasteiger partial charge in [-0.05, 0) is 48.1 Å². The third-order valence-electron chi connectivity index (χ3n) is 6.91. The van der Waals surface area contributed by atoms with E-state index in [0.29, 0.717) is 30.1 Å². The van der Waals surface area contributed by atoms with Gasteiger partial charge in [0.15, 0.2) is 0 Å². The molecule has 0 saturated carbocycles. The van der Waals surface area contributed by atoms with Crippen molar-refractivity contribution in [1.82, 2.24) is 10.2 Å². The van der Waals surface area contributed by atoms with Crippen LogP contribution in [0.3, 0.4) is 0 Å². The fourth-order valence-corrected chi connectivity index (χ4v) is 4.80. The van der Waals surface area contributed by atoms with E-state index in [1.807, 2.05) is 39.8 Å². The second-order valence-corrected chi connectivity index (χ2v) is 10.6. The summed E-state index contributed by atoms with van der Waals surface area (Å²) in [6.07, 6.45) is 0.737. The minimum Gasteiger partial charge on any atom is -0.384 e. The van der Waals surface area contributed by atoms with Crippen molar-refractivity contribution in [3.05, 3.63) is 70.5 Å². The lowest BCUT2D eigenvalue weighted by Crippen LogP contribution is -2.60. The number of aliphatic hydroxyl groups is 1. The molecule has 0 aromatic heterocycles. The maximum atomic E-state index is 13.9. The number of carbonyl (C=O) groups excluding carboxylic acids is 2. The molecule has 1 heterocycles. The number of piperidine rings is 1. The molecule has 2 atom stereocenters. The van der Waals surface area contributed by atoms with Crippen molar-refractivity contribution in [2.75, 3.05) is 13.1 Å². The lowest BCUT2D eigenvalue weighted by atomic mass is 9.66. The number of carbonyl (C=O) groups is 2. The summed E-state index contributed by atoms with van der Waals surface area (Å²) in [6, 6.07) is 12.9. The number of hydrogen-bond acceptors (Lipinski definition) is 3. The zero-order valence-electron chi connectivity index (χ0n) is 20.3. The molecule has 2 aromatic carbocycles. The zero-order valence-corrected chi connectivity index (χ0v) is 21.0. The third-order valence-corrected chi connectivity index (χ3v) is 7.16. The molecule has 2 N–H and O–H groups in total. The maximum absolute atomic E-state index is 13.9. The van der Waals surface area contributed by atoms with Crippen LogP contribution in [0, 0.1) is 17.2 Å². The summed E-state index contributed by atoms with van der Waals surface area (Å²) in [7, 11) is 0. The van der Waals surface area contributed by atoms with Crippen LogP contribution in [0.4, 0.5) is 4.39 Å². The molecule has 0 radical (unpaired) electrons. The van der Waals surface area contributed by atoms with E-state index in [2.05, 4.69) is 5.32 Å². The van der Waals surface area contributed by atoms with Gasteiger partial charge >= 0.3 is 0 Å². The molecule has 1 aliphatic rings. The van der Waals surface area contributed by atoms with E-state index in [9.17, 15) is 19.1 Å². The van der Waals surface area contributed by atoms with Crippen LogP contribution in [0.25, 0.3) is 0 Å². The van der Waals surface area contributed by atoms with Crippen LogP contribution >= 0.6 is 11.6 Å². The van der Waals surface area contributed by atoms with Gasteiger partial charge in [-0.15, -0.1) is 0 Å². The molecule has 184 valence electrons. The molecule has 7 heteroatoms. The average molecular weight is 489 g/mol. The summed E-state index contributed by atoms with van der Waals surface area (Å²) in [5, 5.41) is 15.0. The number of aryl methyl sites for hydroxylation is 1. The van der Waals surface area contributed by atoms with E-state index in [1.165, 1.54) is 6.07 Å². The second kappa shape index (κ2) is 10.4. The highest BCUT2D eigenvalue weighted by molar-refractivity contribution is 6.30. The van der Waals surface area contributed by atoms with Crippen LogP contribution < -0.4 is 5.32 Å². The Morgan fingerprint density at radius 1 is 1.15 bits per heavy atom. The van der Waals surface area contributed by atoms with Gasteiger partial charge < -0.3 is 15.3 Å². The van der Waals surface area contributed by atoms with Crippen LogP contribution in [0.5, 0.6) is 0 Å². The fraction of sp³-hybridized carbons (Fsp3) is 0.481. The Labute approximate surface area is 206 Å². The monoisotopic (exact) mass is 488 g/mol. The number of rotatable bonds is 7. The van der Waals surface area contributed by atoms with E-state index in [4.69, 9.17) is 11.6 Å². The van der Waals surface area contributed by atoms with E-state index in [1.54, 1.807) is 35.2 Å². The molecule has 0 bridgehead atoms. The van der Waals surface area contributed by atoms with Crippen molar-refractivity contribution >= 4 is 23.4 Å². The van der Waals surface area contributed by atoms with Crippen LogP contribution in [-0.4, -0.2) is 41.0 Å². The predicted octanol–water partition coefficient (Wildman–Crippen LogP) is 4.70. The first-order chi connectivity index (χ1) is 15.9. The van der Waals surface area contributed by atoms with Crippen molar-refractivity contribution in [1.29, 1.82) is 0 Å². The first-order valence-electron chi connectivity index (χ1n) is 11.7. The minimum absolute atomic E-state index is 0.0965. The zero-order chi connectivity index (χ0) is 25.1. The highest BCUT2D eigenvalue weighted by atomic mass is 35.5. The number of likely N-dealkylation sites (tertiary alicyclic amines) is 1. The van der Waals surface area contributed by atoms with Gasteiger partial charge in [0.25, 0.3) is 0 Å². The van der Waals surface area contributed by atoms with E-state index in [-0.39, 0.29) is 36.4 Å². The van der Waals surface area contributed by atoms with Crippen molar-refractivity contribution in [3.8, 4) is 0 Å². The topological polar surface area (TPSA) is 69.6 Å². The number of hydrogen-bond donors (Lipinski definition) is 2. The molecule has 2 amide bonds. The van der Waals surface area contributed by atoms with Gasteiger partial charge in [0.2, 0.25) is 11.8 Å². The van der Waals surface area contributed by atoms with Crippen LogP contribution in [0.1, 0.15) is 51.7 Å². The van der Waals surface area contributed by atoms with Crippen molar-refractivity contribution in [2.45, 2.75) is 58.6 Å². The molecule has 0 unspecified atom stereocenters. The Bertz CT molecular complexity index is 1020. The number of benzene rings is 2. The Balaban J connectivity index is 1.67. The molecule has 1 aliphatic heterocycles. The van der Waals surface area contributed by atoms with Gasteiger partial charge in [-0.25, -0.2) is 4.39 Å². The van der Waals surface area contributed by atoms with E-state index >= 15 is 0 Å². The molecular weight excluding hydrogens is 455 g/mol. The standard InChI is InChI=1S/C27H34ClFN2O3/c1-18(2)24(30-23(32)14-9-19-7-5-6-8-22(19)29)25(33)31-16-15-27(34,26(3,4)17-31)20-10-12-21(28)13-11-20/h5-8,10-13,18,24,34H,9,14-17H2,1-4H3,(H,30,32)/t24-,27+/m1/s1. The first-order valence-corrected chi connectivity index (χ1v) is 12.1. The van der Waals surface area contributed by atoms with Crippen LogP contribution in [0.15, 0.2) is 48.5 Å². The maximum Gasteiger partial charge on any atom is 0.245 e. The SMILES string of the molecule is CC(C)[C@@H](NC(=O)CCc1ccccc1F)C(=O)N1CC[C@](O)(c2ccc(Cl)cc2)C(C)(C)C1. The molecule has 3 rings (SSSR count). The van der Waals surface area contributed by atoms with Gasteiger partial charge in [-0.3, -0.25) is 9.59 Å². The Hall–Kier alpha value is -2.44. The molecule has 1 saturated heterocycles. The quantitative estimate of drug-likeness (QED) is 0.593. The number of halogens is 2. The normalized spacial score (nSPS) is 20.8. The van der Waals surface area contributed by atoms with E-state index in [0.717, 1.165) is 5.56 Å². The molecule has 0 aliphatic carbocycles. The Morgan fingerprint density at radius 2 is 1.79 bits per heavy atom. The predicted molar refractivity (Wildman–Crippen MR) is 132 cm³/mol. The average Bonchev–Trinajstić information content (AvgIpc) is 2.78. The fourth-order valence-electron chi connectivity index (χ4n) is 4.68. The Kier molecular flexibility index (Phi) is 8.04. The van der Waals surface area contributed by atoms with Gasteiger partial charge in [-0.1, -0.05) is 69.6 Å². The molecule has 1 fully saturated rings. The first kappa shape index (κ1) is 26.2. The molecule has 2 aromatic rings. The highest BCUT2D eigenvalue weighted by Gasteiger charge is 2.50. The Morgan fingerprint density at radius 3 is 2.38 bits per heavy atom. The lowest BCUT2D eigenvalue weighted by molar-refractivity contribution is -0.156. The van der Waals surface area contributed by atoms with Crippen LogP contribution in [-0.2, 0) is 21.6 Å². The third kappa shape index (κ3) is 5.61. The molecular formula is C27H34ClFN2O3. The van der Waals surface area contributed by atoms with Crippen molar-refractivity contribution in [2.24, 2.45) is 11.3 Å². The largest absolute Gasteiger partial charge is 0.384 e. The van der Waals surface area contributed by atoms with Gasteiger partial charge in [-0.2, -0.15) is 0 Å². The highest BCUT2D eigenvalue weighted by Crippen LogP contribution is 2.46. The van der Waals surface area contributed by atoms with Crippen molar-refractivity contribution in [3.63, 3.8) is 0 Å². The number of amides is 2. The summed E-state index contributed by atoms with van der Waals surface area (Å²) in [5.41, 5.74) is -0.476. The minimum atomic E-state index is -1.11. The van der Waals surface area contributed by atoms with Crippen LogP contribution in [0.2, 0.25) is 5.02 Å². The van der Waals surface area contributed by atoms with Crippen molar-refractivity contribution < 1.29 is 19.1 Å². The summed E-state index contributed by atoms with van der Waals surface area (Å²) in [6.45, 7) is 8.38. The summed E-state index contributed by atoms with van der Waals surface area (Å²) in [4.78, 5) is 27.8. The number of nitrogens with zero attached hydrogens (tertiary/aromatic N) is 1. The summed E-state index contributed by atoms with van der Waals surface area (Å²) < 4.78 is 13.9. The summed E-state index contributed by atoms with van der Waals surface area (Å²) >= 11 is 6.02. The van der Waals surface area contributed by atoms with Gasteiger partial charge in [0, 0.05) is 29.9 Å². The smallest absolute Gasteiger partial charge is 0.245 e. The lowest BCUT2D eigenvalue weighted by Gasteiger charge is -2.51. The summed E-state index contributed by atoms with van der Waals surface area (Å²) in [5.74, 6) is -0.912. The second-order valence-electron chi connectivity index (χ2n) is 10.1. The molecule has 0 spiro atoms. The van der Waals surface area contributed by atoms with Gasteiger partial charge in [0.1, 0.15) is 11.9 Å².